The van der Waals surface area contributed by atoms with Crippen LogP contribution in [0.3, 0.4) is 0 Å². The van der Waals surface area contributed by atoms with Crippen LogP contribution >= 0.6 is 0 Å². The number of carbonyl (C=O) groups is 1. The third-order valence-electron chi connectivity index (χ3n) is 3.65. The number of rotatable bonds is 6. The lowest BCUT2D eigenvalue weighted by Crippen LogP contribution is -2.44. The molecule has 5 nitrogen and oxygen atoms in total. The third kappa shape index (κ3) is 3.58. The molecule has 0 aliphatic heterocycles. The van der Waals surface area contributed by atoms with Gasteiger partial charge in [-0.05, 0) is 38.0 Å². The maximum atomic E-state index is 12.5. The van der Waals surface area contributed by atoms with E-state index < -0.39 is 21.5 Å². The van der Waals surface area contributed by atoms with Crippen molar-refractivity contribution in [3.8, 4) is 0 Å². The minimum atomic E-state index is -3.57. The number of hydrogen-bond donors (Lipinski definition) is 1. The van der Waals surface area contributed by atoms with E-state index in [4.69, 9.17) is 5.11 Å². The van der Waals surface area contributed by atoms with Gasteiger partial charge >= 0.3 is 5.97 Å². The molecule has 0 unspecified atom stereocenters. The lowest BCUT2D eigenvalue weighted by molar-refractivity contribution is -0.136. The molecule has 0 aliphatic rings. The first-order valence-corrected chi connectivity index (χ1v) is 7.85. The maximum absolute atomic E-state index is 12.5. The van der Waals surface area contributed by atoms with Crippen LogP contribution in [-0.4, -0.2) is 36.4 Å². The molecule has 0 saturated heterocycles. The van der Waals surface area contributed by atoms with Crippen molar-refractivity contribution < 1.29 is 18.3 Å². The number of carboxylic acid groups (broad SMARTS) is 1. The molecule has 0 fully saturated rings. The molecule has 0 aromatic heterocycles. The van der Waals surface area contributed by atoms with Crippen LogP contribution < -0.4 is 0 Å². The largest absolute Gasteiger partial charge is 0.481 e. The highest BCUT2D eigenvalue weighted by atomic mass is 32.2. The predicted molar refractivity (Wildman–Crippen MR) is 77.1 cm³/mol. The topological polar surface area (TPSA) is 74.7 Å². The zero-order valence-corrected chi connectivity index (χ0v) is 13.1. The number of hydrogen-bond acceptors (Lipinski definition) is 3. The van der Waals surface area contributed by atoms with Gasteiger partial charge in [-0.15, -0.1) is 0 Å². The standard InChI is InChI=1S/C14H21NO4S/c1-5-14(2,3)15(4)20(18,19)12-8-6-11(7-9-12)10-13(16)17/h6-9H,5,10H2,1-4H3,(H,16,17). The summed E-state index contributed by atoms with van der Waals surface area (Å²) in [6, 6.07) is 5.98. The van der Waals surface area contributed by atoms with Gasteiger partial charge in [0.05, 0.1) is 11.3 Å². The number of carboxylic acids is 1. The quantitative estimate of drug-likeness (QED) is 0.873. The molecule has 112 valence electrons. The predicted octanol–water partition coefficient (Wildman–Crippen LogP) is 2.12. The lowest BCUT2D eigenvalue weighted by Gasteiger charge is -2.33. The Bertz CT molecular complexity index is 576. The van der Waals surface area contributed by atoms with Crippen molar-refractivity contribution in [2.45, 2.75) is 44.0 Å². The van der Waals surface area contributed by atoms with Crippen molar-refractivity contribution in [3.05, 3.63) is 29.8 Å². The van der Waals surface area contributed by atoms with Crippen LogP contribution in [0.5, 0.6) is 0 Å². The molecule has 0 atom stereocenters. The third-order valence-corrected chi connectivity index (χ3v) is 5.74. The van der Waals surface area contributed by atoms with Crippen LogP contribution in [0.4, 0.5) is 0 Å². The van der Waals surface area contributed by atoms with Gasteiger partial charge < -0.3 is 5.11 Å². The number of benzene rings is 1. The summed E-state index contributed by atoms with van der Waals surface area (Å²) < 4.78 is 26.3. The van der Waals surface area contributed by atoms with E-state index in [0.29, 0.717) is 12.0 Å². The van der Waals surface area contributed by atoms with Crippen LogP contribution in [0.15, 0.2) is 29.2 Å². The summed E-state index contributed by atoms with van der Waals surface area (Å²) >= 11 is 0. The molecule has 1 aromatic carbocycles. The van der Waals surface area contributed by atoms with Gasteiger partial charge in [0.25, 0.3) is 0 Å². The van der Waals surface area contributed by atoms with Crippen molar-refractivity contribution in [3.63, 3.8) is 0 Å². The second-order valence-corrected chi connectivity index (χ2v) is 7.32. The summed E-state index contributed by atoms with van der Waals surface area (Å²) in [7, 11) is -2.01. The fourth-order valence-corrected chi connectivity index (χ4v) is 3.24. The molecular formula is C14H21NO4S. The highest BCUT2D eigenvalue weighted by Crippen LogP contribution is 2.25. The Labute approximate surface area is 120 Å². The van der Waals surface area contributed by atoms with Gasteiger partial charge in [-0.3, -0.25) is 4.79 Å². The van der Waals surface area contributed by atoms with Crippen molar-refractivity contribution in [2.24, 2.45) is 0 Å². The van der Waals surface area contributed by atoms with Crippen molar-refractivity contribution in [2.75, 3.05) is 7.05 Å². The maximum Gasteiger partial charge on any atom is 0.307 e. The fourth-order valence-electron chi connectivity index (χ4n) is 1.66. The van der Waals surface area contributed by atoms with Crippen LogP contribution in [0, 0.1) is 0 Å². The van der Waals surface area contributed by atoms with Crippen molar-refractivity contribution in [1.82, 2.24) is 4.31 Å². The molecule has 0 spiro atoms. The molecule has 0 amide bonds. The second-order valence-electron chi connectivity index (χ2n) is 5.35. The van der Waals surface area contributed by atoms with E-state index in [0.717, 1.165) is 0 Å². The molecule has 1 N–H and O–H groups in total. The van der Waals surface area contributed by atoms with Gasteiger partial charge in [-0.2, -0.15) is 4.31 Å². The fraction of sp³-hybridized carbons (Fsp3) is 0.500. The average Bonchev–Trinajstić information content (AvgIpc) is 2.37. The van der Waals surface area contributed by atoms with Crippen molar-refractivity contribution >= 4 is 16.0 Å². The Kier molecular flexibility index (Phi) is 4.94. The van der Waals surface area contributed by atoms with E-state index >= 15 is 0 Å². The van der Waals surface area contributed by atoms with E-state index in [1.165, 1.54) is 28.6 Å². The molecule has 0 saturated carbocycles. The molecule has 0 bridgehead atoms. The summed E-state index contributed by atoms with van der Waals surface area (Å²) in [5.41, 5.74) is 0.104. The average molecular weight is 299 g/mol. The van der Waals surface area contributed by atoms with E-state index in [1.807, 2.05) is 20.8 Å². The minimum absolute atomic E-state index is 0.114. The van der Waals surface area contributed by atoms with Gasteiger partial charge in [0.2, 0.25) is 10.0 Å². The smallest absolute Gasteiger partial charge is 0.307 e. The Balaban J connectivity index is 3.08. The summed E-state index contributed by atoms with van der Waals surface area (Å²) in [5, 5.41) is 8.70. The summed E-state index contributed by atoms with van der Waals surface area (Å²) in [5.74, 6) is -0.940. The monoisotopic (exact) mass is 299 g/mol. The van der Waals surface area contributed by atoms with Gasteiger partial charge in [0.1, 0.15) is 0 Å². The summed E-state index contributed by atoms with van der Waals surface area (Å²) in [4.78, 5) is 10.8. The van der Waals surface area contributed by atoms with Gasteiger partial charge in [0.15, 0.2) is 0 Å². The normalized spacial score (nSPS) is 12.7. The van der Waals surface area contributed by atoms with E-state index in [2.05, 4.69) is 0 Å². The first-order valence-electron chi connectivity index (χ1n) is 6.41. The summed E-state index contributed by atoms with van der Waals surface area (Å²) in [6.45, 7) is 5.66. The number of sulfonamides is 1. The Morgan fingerprint density at radius 3 is 2.15 bits per heavy atom. The molecule has 0 radical (unpaired) electrons. The molecule has 1 aromatic rings. The zero-order chi connectivity index (χ0) is 15.6. The minimum Gasteiger partial charge on any atom is -0.481 e. The van der Waals surface area contributed by atoms with Gasteiger partial charge in [-0.25, -0.2) is 8.42 Å². The highest BCUT2D eigenvalue weighted by Gasteiger charge is 2.32. The molecule has 20 heavy (non-hydrogen) atoms. The van der Waals surface area contributed by atoms with Gasteiger partial charge in [-0.1, -0.05) is 19.1 Å². The SMILES string of the molecule is CCC(C)(C)N(C)S(=O)(=O)c1ccc(CC(=O)O)cc1. The number of aliphatic carboxylic acids is 1. The van der Waals surface area contributed by atoms with E-state index in [1.54, 1.807) is 7.05 Å². The molecule has 6 heteroatoms. The lowest BCUT2D eigenvalue weighted by atomic mass is 10.0. The first kappa shape index (κ1) is 16.7. The van der Waals surface area contributed by atoms with Crippen LogP contribution in [0.25, 0.3) is 0 Å². The highest BCUT2D eigenvalue weighted by molar-refractivity contribution is 7.89. The Hall–Kier alpha value is -1.40. The van der Waals surface area contributed by atoms with E-state index in [-0.39, 0.29) is 11.3 Å². The Morgan fingerprint density at radius 1 is 1.25 bits per heavy atom. The Morgan fingerprint density at radius 2 is 1.75 bits per heavy atom. The molecule has 0 heterocycles. The second kappa shape index (κ2) is 5.93. The summed E-state index contributed by atoms with van der Waals surface area (Å²) in [6.07, 6.45) is 0.580. The molecule has 0 aliphatic carbocycles. The van der Waals surface area contributed by atoms with Crippen LogP contribution in [0.1, 0.15) is 32.8 Å². The van der Waals surface area contributed by atoms with E-state index in [9.17, 15) is 13.2 Å². The molecular weight excluding hydrogens is 278 g/mol. The zero-order valence-electron chi connectivity index (χ0n) is 12.3. The number of nitrogens with zero attached hydrogens (tertiary/aromatic N) is 1. The van der Waals surface area contributed by atoms with Crippen LogP contribution in [0.2, 0.25) is 0 Å². The van der Waals surface area contributed by atoms with Crippen molar-refractivity contribution in [1.29, 1.82) is 0 Å². The van der Waals surface area contributed by atoms with Gasteiger partial charge in [0, 0.05) is 12.6 Å². The first-order chi connectivity index (χ1) is 9.11. The van der Waals surface area contributed by atoms with Crippen LogP contribution in [-0.2, 0) is 21.2 Å². The molecule has 1 rings (SSSR count).